The minimum absolute atomic E-state index is 0.208. The van der Waals surface area contributed by atoms with E-state index in [0.29, 0.717) is 45.1 Å². The lowest BCUT2D eigenvalue weighted by Gasteiger charge is -2.31. The van der Waals surface area contributed by atoms with Gasteiger partial charge < -0.3 is 14.2 Å². The molecule has 0 radical (unpaired) electrons. The van der Waals surface area contributed by atoms with Gasteiger partial charge in [0.2, 0.25) is 0 Å². The highest BCUT2D eigenvalue weighted by Gasteiger charge is 2.48. The highest BCUT2D eigenvalue weighted by atomic mass is 16.5. The van der Waals surface area contributed by atoms with Crippen LogP contribution >= 0.6 is 0 Å². The maximum atomic E-state index is 14.4. The van der Waals surface area contributed by atoms with Crippen molar-refractivity contribution in [2.45, 2.75) is 11.8 Å². The van der Waals surface area contributed by atoms with Gasteiger partial charge in [0.15, 0.2) is 17.3 Å². The number of benzene rings is 4. The van der Waals surface area contributed by atoms with Crippen molar-refractivity contribution < 1.29 is 28.6 Å². The van der Waals surface area contributed by atoms with Gasteiger partial charge in [0.25, 0.3) is 0 Å². The van der Waals surface area contributed by atoms with E-state index in [4.69, 9.17) is 14.2 Å². The van der Waals surface area contributed by atoms with Crippen LogP contribution in [0.2, 0.25) is 0 Å². The van der Waals surface area contributed by atoms with Crippen LogP contribution in [0, 0.1) is 5.92 Å². The van der Waals surface area contributed by atoms with E-state index in [-0.39, 0.29) is 17.3 Å². The monoisotopic (exact) mass is 520 g/mol. The molecule has 6 heteroatoms. The van der Waals surface area contributed by atoms with Crippen LogP contribution in [0.3, 0.4) is 0 Å². The number of carbonyl (C=O) groups is 3. The molecule has 196 valence electrons. The number of methoxy groups -OCH3 is 3. The molecule has 2 atom stereocenters. The Morgan fingerprint density at radius 1 is 0.590 bits per heavy atom. The Hall–Kier alpha value is -4.71. The molecule has 1 aliphatic carbocycles. The van der Waals surface area contributed by atoms with Crippen molar-refractivity contribution in [1.29, 1.82) is 0 Å². The summed E-state index contributed by atoms with van der Waals surface area (Å²) in [7, 11) is 4.70. The maximum absolute atomic E-state index is 14.4. The molecule has 0 aliphatic heterocycles. The normalized spacial score (nSPS) is 14.4. The summed E-state index contributed by atoms with van der Waals surface area (Å²) in [5.74, 6) is -1.56. The predicted octanol–water partition coefficient (Wildman–Crippen LogP) is 6.16. The number of hydrogen-bond acceptors (Lipinski definition) is 6. The topological polar surface area (TPSA) is 78.9 Å². The van der Waals surface area contributed by atoms with Crippen LogP contribution in [-0.2, 0) is 0 Å². The number of rotatable bonds is 9. The summed E-state index contributed by atoms with van der Waals surface area (Å²) in [6.45, 7) is 0. The van der Waals surface area contributed by atoms with Gasteiger partial charge in [-0.15, -0.1) is 0 Å². The van der Waals surface area contributed by atoms with Crippen LogP contribution in [-0.4, -0.2) is 38.7 Å². The third kappa shape index (κ3) is 4.81. The highest BCUT2D eigenvalue weighted by molar-refractivity contribution is 6.27. The molecule has 5 rings (SSSR count). The first-order valence-corrected chi connectivity index (χ1v) is 12.6. The van der Waals surface area contributed by atoms with E-state index in [1.807, 2.05) is 24.3 Å². The van der Waals surface area contributed by atoms with Crippen LogP contribution in [0.25, 0.3) is 0 Å². The molecule has 4 aromatic carbocycles. The van der Waals surface area contributed by atoms with Gasteiger partial charge in [-0.2, -0.15) is 0 Å². The van der Waals surface area contributed by atoms with Gasteiger partial charge in [-0.3, -0.25) is 14.4 Å². The highest BCUT2D eigenvalue weighted by Crippen LogP contribution is 2.46. The summed E-state index contributed by atoms with van der Waals surface area (Å²) in [5, 5.41) is 0. The number of carbonyl (C=O) groups excluding carboxylic acids is 3. The first kappa shape index (κ1) is 25.9. The van der Waals surface area contributed by atoms with Gasteiger partial charge in [-0.25, -0.2) is 0 Å². The minimum atomic E-state index is -1.06. The Morgan fingerprint density at radius 2 is 1.00 bits per heavy atom. The first-order chi connectivity index (χ1) is 19.0. The fraction of sp³-hybridized carbons (Fsp3) is 0.182. The molecule has 0 saturated heterocycles. The fourth-order valence-corrected chi connectivity index (χ4v) is 5.36. The summed E-state index contributed by atoms with van der Waals surface area (Å²) in [6.07, 6.45) is 0. The number of hydrogen-bond donors (Lipinski definition) is 0. The number of Topliss-reactive ketones (excluding diaryl/α,β-unsaturated/α-hetero) is 3. The second kappa shape index (κ2) is 11.0. The van der Waals surface area contributed by atoms with E-state index in [1.54, 1.807) is 94.1 Å². The van der Waals surface area contributed by atoms with Gasteiger partial charge in [-0.05, 0) is 59.7 Å². The average Bonchev–Trinajstić information content (AvgIpc) is 3.25. The molecule has 1 aliphatic rings. The fourth-order valence-electron chi connectivity index (χ4n) is 5.36. The Morgan fingerprint density at radius 3 is 1.44 bits per heavy atom. The van der Waals surface area contributed by atoms with Gasteiger partial charge in [0.1, 0.15) is 17.2 Å². The zero-order chi connectivity index (χ0) is 27.5. The SMILES string of the molecule is COc1ccc(C(=O)C(c2ccc(OC)cc2)C(c2ccc(OC)cc2)C2C(=O)c3ccccc3C2=O)cc1. The number of ketones is 3. The minimum Gasteiger partial charge on any atom is -0.497 e. The molecule has 0 amide bonds. The van der Waals surface area contributed by atoms with Crippen LogP contribution in [0.15, 0.2) is 97.1 Å². The summed E-state index contributed by atoms with van der Waals surface area (Å²) in [5.41, 5.74) is 2.59. The molecule has 0 fully saturated rings. The van der Waals surface area contributed by atoms with Crippen LogP contribution < -0.4 is 14.2 Å². The van der Waals surface area contributed by atoms with Gasteiger partial charge in [0.05, 0.1) is 33.2 Å². The molecule has 0 saturated carbocycles. The molecule has 0 aromatic heterocycles. The Balaban J connectivity index is 1.71. The summed E-state index contributed by atoms with van der Waals surface area (Å²) in [6, 6.07) is 28.1. The van der Waals surface area contributed by atoms with Crippen LogP contribution in [0.4, 0.5) is 0 Å². The van der Waals surface area contributed by atoms with E-state index < -0.39 is 17.8 Å². The molecule has 0 N–H and O–H groups in total. The molecule has 6 nitrogen and oxygen atoms in total. The van der Waals surface area contributed by atoms with Crippen molar-refractivity contribution in [3.63, 3.8) is 0 Å². The van der Waals surface area contributed by atoms with E-state index in [1.165, 1.54) is 0 Å². The van der Waals surface area contributed by atoms with Gasteiger partial charge in [0, 0.05) is 22.6 Å². The molecule has 2 unspecified atom stereocenters. The molecule has 0 heterocycles. The van der Waals surface area contributed by atoms with Gasteiger partial charge >= 0.3 is 0 Å². The van der Waals surface area contributed by atoms with Crippen LogP contribution in [0.5, 0.6) is 17.2 Å². The number of fused-ring (bicyclic) bond motifs is 1. The maximum Gasteiger partial charge on any atom is 0.175 e. The lowest BCUT2D eigenvalue weighted by atomic mass is 9.69. The molecular weight excluding hydrogens is 492 g/mol. The second-order valence-corrected chi connectivity index (χ2v) is 9.39. The Bertz CT molecular complexity index is 1470. The van der Waals surface area contributed by atoms with Crippen molar-refractivity contribution in [1.82, 2.24) is 0 Å². The van der Waals surface area contributed by atoms with E-state index in [0.717, 1.165) is 0 Å². The first-order valence-electron chi connectivity index (χ1n) is 12.6. The molecule has 0 bridgehead atoms. The summed E-state index contributed by atoms with van der Waals surface area (Å²) >= 11 is 0. The van der Waals surface area contributed by atoms with E-state index >= 15 is 0 Å². The molecular formula is C33H28O6. The zero-order valence-corrected chi connectivity index (χ0v) is 21.9. The Labute approximate surface area is 227 Å². The van der Waals surface area contributed by atoms with Crippen molar-refractivity contribution >= 4 is 17.3 Å². The van der Waals surface area contributed by atoms with Crippen molar-refractivity contribution in [2.24, 2.45) is 5.92 Å². The predicted molar refractivity (Wildman–Crippen MR) is 147 cm³/mol. The van der Waals surface area contributed by atoms with Crippen molar-refractivity contribution in [3.05, 3.63) is 125 Å². The lowest BCUT2D eigenvalue weighted by molar-refractivity contribution is 0.0788. The van der Waals surface area contributed by atoms with E-state index in [9.17, 15) is 14.4 Å². The van der Waals surface area contributed by atoms with Crippen molar-refractivity contribution in [3.8, 4) is 17.2 Å². The molecule has 0 spiro atoms. The lowest BCUT2D eigenvalue weighted by Crippen LogP contribution is -2.32. The zero-order valence-electron chi connectivity index (χ0n) is 21.9. The third-order valence-corrected chi connectivity index (χ3v) is 7.37. The summed E-state index contributed by atoms with van der Waals surface area (Å²) < 4.78 is 16.0. The standard InChI is InChI=1S/C33H28O6/c1-37-23-14-8-20(9-15-23)28(30-32(35)26-6-4-5-7-27(26)33(30)36)29(21-10-16-24(38-2)17-11-21)31(34)22-12-18-25(39-3)19-13-22/h4-19,28-30H,1-3H3. The van der Waals surface area contributed by atoms with Crippen molar-refractivity contribution in [2.75, 3.05) is 21.3 Å². The molecule has 4 aromatic rings. The quantitative estimate of drug-likeness (QED) is 0.194. The van der Waals surface area contributed by atoms with Crippen LogP contribution in [0.1, 0.15) is 54.0 Å². The molecule has 39 heavy (non-hydrogen) atoms. The number of ether oxygens (including phenoxy) is 3. The second-order valence-electron chi connectivity index (χ2n) is 9.39. The third-order valence-electron chi connectivity index (χ3n) is 7.37. The largest absolute Gasteiger partial charge is 0.497 e. The summed E-state index contributed by atoms with van der Waals surface area (Å²) in [4.78, 5) is 42.0. The smallest absolute Gasteiger partial charge is 0.175 e. The Kier molecular flexibility index (Phi) is 7.28. The van der Waals surface area contributed by atoms with Gasteiger partial charge in [-0.1, -0.05) is 48.5 Å². The average molecular weight is 521 g/mol. The van der Waals surface area contributed by atoms with E-state index in [2.05, 4.69) is 0 Å².